The van der Waals surface area contributed by atoms with Crippen LogP contribution >= 0.6 is 0 Å². The van der Waals surface area contributed by atoms with Crippen LogP contribution in [0.3, 0.4) is 0 Å². The number of phenols is 1. The molecule has 0 radical (unpaired) electrons. The summed E-state index contributed by atoms with van der Waals surface area (Å²) in [5.74, 6) is -0.0501. The van der Waals surface area contributed by atoms with Crippen LogP contribution in [-0.4, -0.2) is 9.67 Å². The normalized spacial score (nSPS) is 11.3. The number of phenolic OH excluding ortho intramolecular Hbond substituents is 1. The number of aromatic hydroxyl groups is 1. The lowest BCUT2D eigenvalue weighted by atomic mass is 10.0. The highest BCUT2D eigenvalue weighted by Gasteiger charge is 2.36. The van der Waals surface area contributed by atoms with Crippen LogP contribution in [0.1, 0.15) is 22.3 Å². The Kier molecular flexibility index (Phi) is 5.21. The molecular formula is C22H17F3N2O2. The molecular weight excluding hydrogens is 381 g/mol. The van der Waals surface area contributed by atoms with Crippen molar-refractivity contribution in [2.24, 2.45) is 0 Å². The number of nitrogens with zero attached hydrogens (tertiary/aromatic N) is 2. The van der Waals surface area contributed by atoms with Crippen LogP contribution in [0.2, 0.25) is 0 Å². The van der Waals surface area contributed by atoms with Crippen LogP contribution in [0.4, 0.5) is 18.9 Å². The minimum Gasteiger partial charge on any atom is -0.508 e. The van der Waals surface area contributed by atoms with Crippen molar-refractivity contribution < 1.29 is 18.3 Å². The smallest absolute Gasteiger partial charge is 0.407 e. The number of aryl methyl sites for hydroxylation is 2. The van der Waals surface area contributed by atoms with E-state index < -0.39 is 23.0 Å². The summed E-state index contributed by atoms with van der Waals surface area (Å²) >= 11 is 0. The van der Waals surface area contributed by atoms with E-state index in [0.29, 0.717) is 5.56 Å². The molecule has 148 valence electrons. The van der Waals surface area contributed by atoms with Gasteiger partial charge >= 0.3 is 6.18 Å². The molecule has 1 N–H and O–H groups in total. The first kappa shape index (κ1) is 20.2. The van der Waals surface area contributed by atoms with Crippen molar-refractivity contribution in [2.45, 2.75) is 26.6 Å². The zero-order chi connectivity index (χ0) is 21.3. The Morgan fingerprint density at radius 3 is 2.28 bits per heavy atom. The van der Waals surface area contributed by atoms with Crippen molar-refractivity contribution in [2.75, 3.05) is 0 Å². The van der Waals surface area contributed by atoms with Gasteiger partial charge in [-0.15, -0.1) is 0 Å². The zero-order valence-electron chi connectivity index (χ0n) is 15.7. The molecule has 0 saturated carbocycles. The highest BCUT2D eigenvalue weighted by atomic mass is 19.4. The molecule has 0 saturated heterocycles. The molecule has 0 unspecified atom stereocenters. The van der Waals surface area contributed by atoms with Gasteiger partial charge < -0.3 is 9.67 Å². The molecule has 3 aromatic rings. The molecule has 2 aromatic carbocycles. The minimum atomic E-state index is -4.84. The van der Waals surface area contributed by atoms with Gasteiger partial charge in [-0.3, -0.25) is 4.79 Å². The molecule has 0 atom stereocenters. The van der Waals surface area contributed by atoms with Gasteiger partial charge in [0, 0.05) is 5.69 Å². The summed E-state index contributed by atoms with van der Waals surface area (Å²) in [4.78, 5) is 15.8. The minimum absolute atomic E-state index is 0.0157. The van der Waals surface area contributed by atoms with E-state index in [9.17, 15) is 23.1 Å². The highest BCUT2D eigenvalue weighted by Crippen LogP contribution is 2.37. The molecule has 0 aliphatic heterocycles. The number of aromatic nitrogens is 1. The van der Waals surface area contributed by atoms with Crippen molar-refractivity contribution in [3.05, 3.63) is 92.6 Å². The predicted octanol–water partition coefficient (Wildman–Crippen LogP) is 5.46. The lowest BCUT2D eigenvalue weighted by Crippen LogP contribution is -2.25. The van der Waals surface area contributed by atoms with E-state index in [2.05, 4.69) is 4.85 Å². The van der Waals surface area contributed by atoms with E-state index in [4.69, 9.17) is 6.57 Å². The van der Waals surface area contributed by atoms with Gasteiger partial charge in [0.15, 0.2) is 0 Å². The standard InChI is InChI=1S/C22H17F3N2O2/c1-13-4-5-16(14(2)10-13)12-27-19(15-6-8-17(28)9-7-15)11-18(22(23,24)25)20(26-3)21(27)29/h4-11,28H,12H2,1-2H3. The van der Waals surface area contributed by atoms with E-state index in [1.807, 2.05) is 32.0 Å². The molecule has 0 aliphatic carbocycles. The summed E-state index contributed by atoms with van der Waals surface area (Å²) in [6.07, 6.45) is -4.84. The highest BCUT2D eigenvalue weighted by molar-refractivity contribution is 5.66. The number of hydrogen-bond acceptors (Lipinski definition) is 2. The summed E-state index contributed by atoms with van der Waals surface area (Å²) in [5, 5.41) is 9.50. The fourth-order valence-corrected chi connectivity index (χ4v) is 3.18. The fourth-order valence-electron chi connectivity index (χ4n) is 3.18. The molecule has 1 heterocycles. The molecule has 1 aromatic heterocycles. The molecule has 29 heavy (non-hydrogen) atoms. The third-order valence-electron chi connectivity index (χ3n) is 4.68. The van der Waals surface area contributed by atoms with E-state index in [1.165, 1.54) is 28.8 Å². The molecule has 0 spiro atoms. The zero-order valence-corrected chi connectivity index (χ0v) is 15.7. The number of benzene rings is 2. The number of hydrogen-bond donors (Lipinski definition) is 1. The first-order valence-electron chi connectivity index (χ1n) is 8.70. The lowest BCUT2D eigenvalue weighted by molar-refractivity contribution is -0.136. The Labute approximate surface area is 165 Å². The third kappa shape index (κ3) is 4.02. The number of halogens is 3. The van der Waals surface area contributed by atoms with Crippen LogP contribution in [0.15, 0.2) is 53.3 Å². The average molecular weight is 398 g/mol. The summed E-state index contributed by atoms with van der Waals surface area (Å²) in [7, 11) is 0. The summed E-state index contributed by atoms with van der Waals surface area (Å²) in [5.41, 5.74) is -0.209. The van der Waals surface area contributed by atoms with E-state index in [-0.39, 0.29) is 18.0 Å². The second-order valence-corrected chi connectivity index (χ2v) is 6.77. The van der Waals surface area contributed by atoms with Crippen molar-refractivity contribution in [3.8, 4) is 17.0 Å². The monoisotopic (exact) mass is 398 g/mol. The quantitative estimate of drug-likeness (QED) is 0.596. The SMILES string of the molecule is [C-]#[N+]c1c(C(F)(F)F)cc(-c2ccc(O)cc2)n(Cc2ccc(C)cc2C)c1=O. The Balaban J connectivity index is 2.31. The topological polar surface area (TPSA) is 46.6 Å². The summed E-state index contributed by atoms with van der Waals surface area (Å²) < 4.78 is 41.7. The van der Waals surface area contributed by atoms with Gasteiger partial charge in [0.1, 0.15) is 5.75 Å². The predicted molar refractivity (Wildman–Crippen MR) is 104 cm³/mol. The second-order valence-electron chi connectivity index (χ2n) is 6.77. The van der Waals surface area contributed by atoms with E-state index in [0.717, 1.165) is 22.8 Å². The van der Waals surface area contributed by atoms with Crippen LogP contribution in [0.25, 0.3) is 16.1 Å². The molecule has 0 aliphatic rings. The largest absolute Gasteiger partial charge is 0.508 e. The summed E-state index contributed by atoms with van der Waals surface area (Å²) in [6, 6.07) is 11.9. The lowest BCUT2D eigenvalue weighted by Gasteiger charge is -2.19. The number of alkyl halides is 3. The van der Waals surface area contributed by atoms with Crippen molar-refractivity contribution >= 4 is 5.69 Å². The van der Waals surface area contributed by atoms with E-state index >= 15 is 0 Å². The van der Waals surface area contributed by atoms with Crippen molar-refractivity contribution in [1.29, 1.82) is 0 Å². The maximum atomic E-state index is 13.5. The van der Waals surface area contributed by atoms with Crippen molar-refractivity contribution in [1.82, 2.24) is 4.57 Å². The van der Waals surface area contributed by atoms with Crippen LogP contribution in [0, 0.1) is 20.4 Å². The van der Waals surface area contributed by atoms with Crippen LogP contribution in [-0.2, 0) is 12.7 Å². The average Bonchev–Trinajstić information content (AvgIpc) is 2.64. The Morgan fingerprint density at radius 1 is 1.07 bits per heavy atom. The maximum absolute atomic E-state index is 13.5. The van der Waals surface area contributed by atoms with E-state index in [1.54, 1.807) is 0 Å². The van der Waals surface area contributed by atoms with Crippen molar-refractivity contribution in [3.63, 3.8) is 0 Å². The molecule has 0 bridgehead atoms. The Hall–Kier alpha value is -3.53. The Morgan fingerprint density at radius 2 is 1.72 bits per heavy atom. The van der Waals surface area contributed by atoms with Gasteiger partial charge in [0.25, 0.3) is 11.2 Å². The van der Waals surface area contributed by atoms with Gasteiger partial charge in [-0.25, -0.2) is 4.85 Å². The first-order chi connectivity index (χ1) is 13.6. The molecule has 7 heteroatoms. The van der Waals surface area contributed by atoms with Gasteiger partial charge in [-0.2, -0.15) is 13.2 Å². The van der Waals surface area contributed by atoms with Gasteiger partial charge in [-0.1, -0.05) is 23.8 Å². The number of rotatable bonds is 3. The maximum Gasteiger partial charge on any atom is 0.407 e. The fraction of sp³-hybridized carbons (Fsp3) is 0.182. The van der Waals surface area contributed by atoms with Gasteiger partial charge in [0.2, 0.25) is 0 Å². The summed E-state index contributed by atoms with van der Waals surface area (Å²) in [6.45, 7) is 10.9. The van der Waals surface area contributed by atoms with Crippen LogP contribution < -0.4 is 5.56 Å². The molecule has 4 nitrogen and oxygen atoms in total. The second kappa shape index (κ2) is 7.47. The first-order valence-corrected chi connectivity index (χ1v) is 8.70. The molecule has 0 fully saturated rings. The molecule has 3 rings (SSSR count). The Bertz CT molecular complexity index is 1170. The van der Waals surface area contributed by atoms with Crippen LogP contribution in [0.5, 0.6) is 5.75 Å². The van der Waals surface area contributed by atoms with Gasteiger partial charge in [0.05, 0.1) is 18.7 Å². The van der Waals surface area contributed by atoms with Gasteiger partial charge in [-0.05, 0) is 60.9 Å². The third-order valence-corrected chi connectivity index (χ3v) is 4.68. The molecule has 0 amide bonds. The number of pyridine rings is 1.